The van der Waals surface area contributed by atoms with Crippen LogP contribution in [0.2, 0.25) is 0 Å². The molecule has 0 saturated carbocycles. The van der Waals surface area contributed by atoms with Gasteiger partial charge in [-0.15, -0.1) is 0 Å². The second-order valence-electron chi connectivity index (χ2n) is 9.25. The number of pyridine rings is 1. The first kappa shape index (κ1) is 26.3. The lowest BCUT2D eigenvalue weighted by Crippen LogP contribution is -2.30. The second kappa shape index (κ2) is 11.2. The van der Waals surface area contributed by atoms with Gasteiger partial charge in [0.1, 0.15) is 0 Å². The molecule has 5 rings (SSSR count). The third kappa shape index (κ3) is 5.58. The van der Waals surface area contributed by atoms with Crippen LogP contribution < -0.4 is 10.6 Å². The maximum atomic E-state index is 13.5. The summed E-state index contributed by atoms with van der Waals surface area (Å²) in [7, 11) is 0. The maximum absolute atomic E-state index is 13.5. The lowest BCUT2D eigenvalue weighted by Gasteiger charge is -2.15. The number of nitrogens with one attached hydrogen (secondary N) is 2. The van der Waals surface area contributed by atoms with Crippen molar-refractivity contribution in [3.05, 3.63) is 102 Å². The number of para-hydroxylation sites is 1. The number of amides is 2. The van der Waals surface area contributed by atoms with Gasteiger partial charge in [0, 0.05) is 23.9 Å². The summed E-state index contributed by atoms with van der Waals surface area (Å²) in [5.41, 5.74) is 4.69. The van der Waals surface area contributed by atoms with E-state index in [1.165, 1.54) is 13.8 Å². The lowest BCUT2D eigenvalue weighted by molar-refractivity contribution is -0.123. The summed E-state index contributed by atoms with van der Waals surface area (Å²) in [6, 6.07) is 27.4. The van der Waals surface area contributed by atoms with Gasteiger partial charge in [-0.3, -0.25) is 9.59 Å². The van der Waals surface area contributed by atoms with Crippen LogP contribution in [0.1, 0.15) is 29.9 Å². The van der Waals surface area contributed by atoms with Crippen molar-refractivity contribution in [3.63, 3.8) is 0 Å². The van der Waals surface area contributed by atoms with Crippen molar-refractivity contribution < 1.29 is 19.1 Å². The molecule has 5 aromatic rings. The van der Waals surface area contributed by atoms with Crippen LogP contribution in [0.5, 0.6) is 0 Å². The predicted molar refractivity (Wildman–Crippen MR) is 153 cm³/mol. The van der Waals surface area contributed by atoms with Gasteiger partial charge < -0.3 is 15.4 Å². The maximum Gasteiger partial charge on any atom is 0.339 e. The van der Waals surface area contributed by atoms with E-state index in [4.69, 9.17) is 9.72 Å². The average molecular weight is 534 g/mol. The highest BCUT2D eigenvalue weighted by molar-refractivity contribution is 6.06. The molecule has 0 aliphatic rings. The van der Waals surface area contributed by atoms with Gasteiger partial charge in [0.25, 0.3) is 5.91 Å². The third-order valence-electron chi connectivity index (χ3n) is 6.23. The van der Waals surface area contributed by atoms with E-state index in [0.717, 1.165) is 11.3 Å². The van der Waals surface area contributed by atoms with E-state index < -0.39 is 18.0 Å². The molecule has 2 heterocycles. The summed E-state index contributed by atoms with van der Waals surface area (Å²) < 4.78 is 7.35. The van der Waals surface area contributed by atoms with Gasteiger partial charge in [-0.1, -0.05) is 48.5 Å². The molecule has 0 saturated heterocycles. The summed E-state index contributed by atoms with van der Waals surface area (Å²) in [5, 5.41) is 10.6. The summed E-state index contributed by atoms with van der Waals surface area (Å²) in [5.74, 6) is -1.35. The number of aryl methyl sites for hydroxylation is 1. The molecule has 3 aromatic carbocycles. The molecule has 9 heteroatoms. The van der Waals surface area contributed by atoms with E-state index in [-0.39, 0.29) is 11.5 Å². The number of ether oxygens (including phenoxy) is 1. The van der Waals surface area contributed by atoms with Crippen LogP contribution in [0, 0.1) is 6.92 Å². The molecule has 0 bridgehead atoms. The van der Waals surface area contributed by atoms with E-state index in [2.05, 4.69) is 15.7 Å². The van der Waals surface area contributed by atoms with Gasteiger partial charge in [0.15, 0.2) is 11.8 Å². The zero-order chi connectivity index (χ0) is 28.2. The number of rotatable bonds is 7. The average Bonchev–Trinajstić information content (AvgIpc) is 3.30. The molecule has 1 unspecified atom stereocenters. The first-order valence-corrected chi connectivity index (χ1v) is 12.7. The number of aromatic nitrogens is 3. The van der Waals surface area contributed by atoms with Crippen LogP contribution in [-0.4, -0.2) is 38.7 Å². The minimum absolute atomic E-state index is 0.192. The predicted octanol–water partition coefficient (Wildman–Crippen LogP) is 5.54. The molecular weight excluding hydrogens is 506 g/mol. The molecule has 0 radical (unpaired) electrons. The van der Waals surface area contributed by atoms with E-state index in [9.17, 15) is 14.4 Å². The van der Waals surface area contributed by atoms with E-state index in [1.54, 1.807) is 35.0 Å². The van der Waals surface area contributed by atoms with Gasteiger partial charge in [-0.2, -0.15) is 5.10 Å². The van der Waals surface area contributed by atoms with Gasteiger partial charge >= 0.3 is 5.97 Å². The Hall–Kier alpha value is -5.31. The normalized spacial score (nSPS) is 11.6. The number of anilines is 2. The summed E-state index contributed by atoms with van der Waals surface area (Å²) in [6.45, 7) is 4.73. The van der Waals surface area contributed by atoms with Crippen molar-refractivity contribution in [1.29, 1.82) is 0 Å². The second-order valence-corrected chi connectivity index (χ2v) is 9.25. The fraction of sp³-hybridized carbons (Fsp3) is 0.129. The van der Waals surface area contributed by atoms with Gasteiger partial charge in [0.05, 0.1) is 28.0 Å². The van der Waals surface area contributed by atoms with E-state index >= 15 is 0 Å². The number of benzene rings is 3. The van der Waals surface area contributed by atoms with Crippen molar-refractivity contribution in [3.8, 4) is 16.9 Å². The number of fused-ring (bicyclic) bond motifs is 1. The van der Waals surface area contributed by atoms with Crippen LogP contribution >= 0.6 is 0 Å². The Kier molecular flexibility index (Phi) is 7.37. The SMILES string of the molecule is CC(=O)Nc1ccc(NC(=O)C(C)OC(=O)c2cc(-c3ccccc3)nc3c2c(C)nn3-c2ccccc2)cc1. The number of carbonyl (C=O) groups is 3. The van der Waals surface area contributed by atoms with Crippen LogP contribution in [-0.2, 0) is 14.3 Å². The highest BCUT2D eigenvalue weighted by Gasteiger charge is 2.25. The van der Waals surface area contributed by atoms with Gasteiger partial charge in [0.2, 0.25) is 5.91 Å². The lowest BCUT2D eigenvalue weighted by atomic mass is 10.1. The fourth-order valence-electron chi connectivity index (χ4n) is 4.32. The minimum atomic E-state index is -1.09. The van der Waals surface area contributed by atoms with Gasteiger partial charge in [-0.25, -0.2) is 14.5 Å². The number of nitrogens with zero attached hydrogens (tertiary/aromatic N) is 3. The Morgan fingerprint density at radius 1 is 0.850 bits per heavy atom. The summed E-state index contributed by atoms with van der Waals surface area (Å²) in [6.07, 6.45) is -1.09. The van der Waals surface area contributed by atoms with E-state index in [1.807, 2.05) is 67.6 Å². The van der Waals surface area contributed by atoms with Gasteiger partial charge in [-0.05, 0) is 56.3 Å². The molecular formula is C31H27N5O4. The zero-order valence-electron chi connectivity index (χ0n) is 22.2. The smallest absolute Gasteiger partial charge is 0.339 e. The quantitative estimate of drug-likeness (QED) is 0.266. The van der Waals surface area contributed by atoms with Crippen molar-refractivity contribution in [1.82, 2.24) is 14.8 Å². The molecule has 9 nitrogen and oxygen atoms in total. The van der Waals surface area contributed by atoms with Crippen LogP contribution in [0.4, 0.5) is 11.4 Å². The third-order valence-corrected chi connectivity index (χ3v) is 6.23. The van der Waals surface area contributed by atoms with Crippen molar-refractivity contribution >= 4 is 40.2 Å². The molecule has 0 aliphatic heterocycles. The van der Waals surface area contributed by atoms with E-state index in [0.29, 0.717) is 33.8 Å². The highest BCUT2D eigenvalue weighted by Crippen LogP contribution is 2.29. The molecule has 2 aromatic heterocycles. The van der Waals surface area contributed by atoms with Crippen LogP contribution in [0.3, 0.4) is 0 Å². The molecule has 2 N–H and O–H groups in total. The topological polar surface area (TPSA) is 115 Å². The first-order valence-electron chi connectivity index (χ1n) is 12.7. The Morgan fingerprint density at radius 2 is 1.45 bits per heavy atom. The highest BCUT2D eigenvalue weighted by atomic mass is 16.5. The molecule has 1 atom stereocenters. The fourth-order valence-corrected chi connectivity index (χ4v) is 4.32. The molecule has 200 valence electrons. The molecule has 2 amide bonds. The minimum Gasteiger partial charge on any atom is -0.449 e. The Bertz CT molecular complexity index is 1700. The molecule has 0 fully saturated rings. The monoisotopic (exact) mass is 533 g/mol. The zero-order valence-corrected chi connectivity index (χ0v) is 22.2. The standard InChI is InChI=1S/C31H27N5O4/c1-19-28-26(31(39)40-20(2)30(38)33-24-16-14-23(15-17-24)32-21(3)37)18-27(22-10-6-4-7-11-22)34-29(28)36(35-19)25-12-8-5-9-13-25/h4-18,20H,1-3H3,(H,32,37)(H,33,38). The molecule has 40 heavy (non-hydrogen) atoms. The molecule has 0 aliphatic carbocycles. The van der Waals surface area contributed by atoms with Crippen molar-refractivity contribution in [2.45, 2.75) is 26.9 Å². The Balaban J connectivity index is 1.45. The van der Waals surface area contributed by atoms with Crippen LogP contribution in [0.25, 0.3) is 28.0 Å². The van der Waals surface area contributed by atoms with Crippen molar-refractivity contribution in [2.24, 2.45) is 0 Å². The number of carbonyl (C=O) groups excluding carboxylic acids is 3. The number of hydrogen-bond acceptors (Lipinski definition) is 6. The Labute approximate surface area is 230 Å². The summed E-state index contributed by atoms with van der Waals surface area (Å²) >= 11 is 0. The molecule has 0 spiro atoms. The summed E-state index contributed by atoms with van der Waals surface area (Å²) in [4.78, 5) is 42.5. The number of hydrogen-bond donors (Lipinski definition) is 2. The number of esters is 1. The van der Waals surface area contributed by atoms with Crippen molar-refractivity contribution in [2.75, 3.05) is 10.6 Å². The van der Waals surface area contributed by atoms with Crippen LogP contribution in [0.15, 0.2) is 91.0 Å². The first-order chi connectivity index (χ1) is 19.3. The largest absolute Gasteiger partial charge is 0.449 e. The Morgan fingerprint density at radius 3 is 2.08 bits per heavy atom.